The van der Waals surface area contributed by atoms with Crippen LogP contribution in [0.2, 0.25) is 0 Å². The monoisotopic (exact) mass is 473 g/mol. The van der Waals surface area contributed by atoms with E-state index in [1.54, 1.807) is 11.8 Å². The van der Waals surface area contributed by atoms with E-state index >= 15 is 0 Å². The minimum Gasteiger partial charge on any atom is -0.444 e. The first-order valence-corrected chi connectivity index (χ1v) is 12.6. The topological polar surface area (TPSA) is 71.5 Å². The molecular weight excluding hydrogens is 446 g/mol. The SMILES string of the molecule is CSc1ccc(-c2nc(N3CC4CC3CN4C(=O)OC(C)(C)C)nc(C3(Cl)CC3)n2)cc1. The summed E-state index contributed by atoms with van der Waals surface area (Å²) in [5, 5.41) is 0. The van der Waals surface area contributed by atoms with E-state index in [9.17, 15) is 4.79 Å². The molecule has 7 nitrogen and oxygen atoms in total. The molecule has 0 spiro atoms. The lowest BCUT2D eigenvalue weighted by molar-refractivity contribution is 0.0214. The first kappa shape index (κ1) is 21.8. The van der Waals surface area contributed by atoms with Crippen molar-refractivity contribution in [1.29, 1.82) is 0 Å². The van der Waals surface area contributed by atoms with Gasteiger partial charge >= 0.3 is 6.09 Å². The quantitative estimate of drug-likeness (QED) is 0.471. The second-order valence-corrected chi connectivity index (χ2v) is 11.4. The zero-order valence-electron chi connectivity index (χ0n) is 18.8. The van der Waals surface area contributed by atoms with Crippen LogP contribution < -0.4 is 4.90 Å². The normalized spacial score (nSPS) is 23.5. The van der Waals surface area contributed by atoms with E-state index in [-0.39, 0.29) is 18.2 Å². The van der Waals surface area contributed by atoms with E-state index in [0.29, 0.717) is 30.7 Å². The fraction of sp³-hybridized carbons (Fsp3) is 0.565. The summed E-state index contributed by atoms with van der Waals surface area (Å²) in [6.45, 7) is 6.98. The number of hydrogen-bond acceptors (Lipinski definition) is 7. The lowest BCUT2D eigenvalue weighted by atomic mass is 10.2. The number of benzene rings is 1. The Hall–Kier alpha value is -2.06. The largest absolute Gasteiger partial charge is 0.444 e. The average Bonchev–Trinajstić information content (AvgIpc) is 3.20. The summed E-state index contributed by atoms with van der Waals surface area (Å²) in [6.07, 6.45) is 4.46. The molecule has 5 rings (SSSR count). The number of fused-ring (bicyclic) bond motifs is 2. The maximum atomic E-state index is 12.6. The van der Waals surface area contributed by atoms with Crippen LogP contribution in [0.25, 0.3) is 11.4 Å². The van der Waals surface area contributed by atoms with Crippen LogP contribution in [0.1, 0.15) is 45.9 Å². The summed E-state index contributed by atoms with van der Waals surface area (Å²) in [6, 6.07) is 8.51. The molecule has 1 saturated carbocycles. The van der Waals surface area contributed by atoms with Gasteiger partial charge in [0.25, 0.3) is 0 Å². The molecule has 3 fully saturated rings. The Kier molecular flexibility index (Phi) is 5.28. The van der Waals surface area contributed by atoms with Crippen molar-refractivity contribution in [2.45, 2.75) is 67.5 Å². The highest BCUT2D eigenvalue weighted by molar-refractivity contribution is 7.98. The van der Waals surface area contributed by atoms with Crippen molar-refractivity contribution < 1.29 is 9.53 Å². The van der Waals surface area contributed by atoms with Gasteiger partial charge in [-0.1, -0.05) is 12.1 Å². The minimum absolute atomic E-state index is 0.102. The fourth-order valence-corrected chi connectivity index (χ4v) is 4.94. The third kappa shape index (κ3) is 4.15. The van der Waals surface area contributed by atoms with Crippen molar-refractivity contribution in [3.05, 3.63) is 30.1 Å². The number of rotatable bonds is 4. The van der Waals surface area contributed by atoms with Crippen molar-refractivity contribution in [3.8, 4) is 11.4 Å². The maximum absolute atomic E-state index is 12.6. The van der Waals surface area contributed by atoms with Crippen molar-refractivity contribution in [2.24, 2.45) is 0 Å². The summed E-state index contributed by atoms with van der Waals surface area (Å²) in [5.41, 5.74) is 0.454. The predicted molar refractivity (Wildman–Crippen MR) is 126 cm³/mol. The molecule has 1 aromatic heterocycles. The molecule has 170 valence electrons. The van der Waals surface area contributed by atoms with E-state index in [1.807, 2.05) is 37.8 Å². The second-order valence-electron chi connectivity index (χ2n) is 9.80. The minimum atomic E-state index is -0.499. The third-order valence-electron chi connectivity index (χ3n) is 6.19. The number of carbonyl (C=O) groups is 1. The van der Waals surface area contributed by atoms with Gasteiger partial charge < -0.3 is 14.5 Å². The molecule has 3 heterocycles. The van der Waals surface area contributed by atoms with Crippen molar-refractivity contribution in [3.63, 3.8) is 0 Å². The molecule has 0 radical (unpaired) electrons. The van der Waals surface area contributed by atoms with Crippen LogP contribution >= 0.6 is 23.4 Å². The molecule has 1 amide bonds. The smallest absolute Gasteiger partial charge is 0.410 e. The summed E-state index contributed by atoms with van der Waals surface area (Å²) < 4.78 is 5.59. The second kappa shape index (κ2) is 7.76. The number of piperazine rings is 1. The number of amides is 1. The van der Waals surface area contributed by atoms with Gasteiger partial charge in [0.15, 0.2) is 11.6 Å². The van der Waals surface area contributed by atoms with Gasteiger partial charge in [-0.3, -0.25) is 0 Å². The van der Waals surface area contributed by atoms with Crippen LogP contribution in [-0.2, 0) is 9.61 Å². The highest BCUT2D eigenvalue weighted by Gasteiger charge is 2.49. The summed E-state index contributed by atoms with van der Waals surface area (Å²) in [5.74, 6) is 1.96. The molecule has 9 heteroatoms. The molecule has 2 unspecified atom stereocenters. The summed E-state index contributed by atoms with van der Waals surface area (Å²) >= 11 is 8.42. The number of halogens is 1. The van der Waals surface area contributed by atoms with Crippen molar-refractivity contribution in [1.82, 2.24) is 19.9 Å². The van der Waals surface area contributed by atoms with Gasteiger partial charge in [0.05, 0.1) is 12.1 Å². The average molecular weight is 474 g/mol. The molecule has 32 heavy (non-hydrogen) atoms. The highest BCUT2D eigenvalue weighted by atomic mass is 35.5. The number of likely N-dealkylation sites (tertiary alicyclic amines) is 1. The van der Waals surface area contributed by atoms with Gasteiger partial charge in [-0.15, -0.1) is 23.4 Å². The Morgan fingerprint density at radius 3 is 2.41 bits per heavy atom. The lowest BCUT2D eigenvalue weighted by Gasteiger charge is -2.35. The molecule has 2 aromatic rings. The Morgan fingerprint density at radius 2 is 1.84 bits per heavy atom. The number of alkyl halides is 1. The molecule has 2 bridgehead atoms. The van der Waals surface area contributed by atoms with Gasteiger partial charge in [0, 0.05) is 23.5 Å². The van der Waals surface area contributed by atoms with Gasteiger partial charge in [-0.25, -0.2) is 9.78 Å². The number of anilines is 1. The van der Waals surface area contributed by atoms with Gasteiger partial charge in [-0.2, -0.15) is 9.97 Å². The molecule has 3 aliphatic rings. The Morgan fingerprint density at radius 1 is 1.12 bits per heavy atom. The van der Waals surface area contributed by atoms with Gasteiger partial charge in [-0.05, 0) is 58.4 Å². The number of nitrogens with zero attached hydrogens (tertiary/aromatic N) is 5. The number of ether oxygens (including phenoxy) is 1. The lowest BCUT2D eigenvalue weighted by Crippen LogP contribution is -2.50. The van der Waals surface area contributed by atoms with Crippen molar-refractivity contribution >= 4 is 35.4 Å². The van der Waals surface area contributed by atoms with Crippen LogP contribution in [-0.4, -0.2) is 63.0 Å². The van der Waals surface area contributed by atoms with Crippen molar-refractivity contribution in [2.75, 3.05) is 24.2 Å². The molecular formula is C23H28ClN5O2S. The van der Waals surface area contributed by atoms with E-state index in [1.165, 1.54) is 4.90 Å². The Balaban J connectivity index is 1.41. The first-order valence-electron chi connectivity index (χ1n) is 11.0. The van der Waals surface area contributed by atoms with E-state index < -0.39 is 10.5 Å². The van der Waals surface area contributed by atoms with Crippen LogP contribution in [0.4, 0.5) is 10.7 Å². The van der Waals surface area contributed by atoms with Crippen LogP contribution in [0.5, 0.6) is 0 Å². The standard InChI is InChI=1S/C23H28ClN5O2S/c1-22(2,3)31-21(30)29-13-15-11-16(29)12-28(15)20-26-18(14-5-7-17(32-4)8-6-14)25-19(27-20)23(24)9-10-23/h5-8,15-16H,9-13H2,1-4H3. The third-order valence-corrected chi connectivity index (χ3v) is 7.48. The number of thioether (sulfide) groups is 1. The Bertz CT molecular complexity index is 1040. The highest BCUT2D eigenvalue weighted by Crippen LogP contribution is 2.51. The first-order chi connectivity index (χ1) is 15.1. The summed E-state index contributed by atoms with van der Waals surface area (Å²) in [7, 11) is 0. The summed E-state index contributed by atoms with van der Waals surface area (Å²) in [4.78, 5) is 31.7. The zero-order chi connectivity index (χ0) is 22.7. The van der Waals surface area contributed by atoms with Crippen LogP contribution in [0, 0.1) is 0 Å². The number of carbonyl (C=O) groups excluding carboxylic acids is 1. The fourth-order valence-electron chi connectivity index (χ4n) is 4.35. The van der Waals surface area contributed by atoms with Crippen LogP contribution in [0.3, 0.4) is 0 Å². The van der Waals surface area contributed by atoms with Gasteiger partial charge in [0.1, 0.15) is 10.5 Å². The molecule has 2 atom stereocenters. The molecule has 2 aliphatic heterocycles. The van der Waals surface area contributed by atoms with E-state index in [0.717, 1.165) is 24.8 Å². The number of aromatic nitrogens is 3. The molecule has 2 saturated heterocycles. The maximum Gasteiger partial charge on any atom is 0.410 e. The molecule has 1 aliphatic carbocycles. The molecule has 0 N–H and O–H groups in total. The predicted octanol–water partition coefficient (Wildman–Crippen LogP) is 4.69. The van der Waals surface area contributed by atoms with Gasteiger partial charge in [0.2, 0.25) is 5.95 Å². The van der Waals surface area contributed by atoms with E-state index in [4.69, 9.17) is 31.3 Å². The van der Waals surface area contributed by atoms with Crippen LogP contribution in [0.15, 0.2) is 29.2 Å². The van der Waals surface area contributed by atoms with E-state index in [2.05, 4.69) is 23.3 Å². The molecule has 1 aromatic carbocycles. The number of hydrogen-bond donors (Lipinski definition) is 0. The Labute approximate surface area is 197 Å². The zero-order valence-corrected chi connectivity index (χ0v) is 20.4.